The van der Waals surface area contributed by atoms with E-state index >= 15 is 0 Å². The molecular weight excluding hydrogens is 306 g/mol. The summed E-state index contributed by atoms with van der Waals surface area (Å²) < 4.78 is 5.14. The zero-order valence-corrected chi connectivity index (χ0v) is 14.2. The van der Waals surface area contributed by atoms with Gasteiger partial charge in [-0.15, -0.1) is 0 Å². The molecule has 0 aliphatic rings. The fourth-order valence-corrected chi connectivity index (χ4v) is 2.28. The lowest BCUT2D eigenvalue weighted by Gasteiger charge is -2.15. The molecule has 5 nitrogen and oxygen atoms in total. The van der Waals surface area contributed by atoms with E-state index in [-0.39, 0.29) is 11.3 Å². The second kappa shape index (κ2) is 7.17. The number of carbonyl (C=O) groups is 2. The number of anilines is 1. The number of phenolic OH excluding ortho intramolecular Hbond substituents is 1. The molecule has 24 heavy (non-hydrogen) atoms. The Morgan fingerprint density at radius 1 is 1.04 bits per heavy atom. The highest BCUT2D eigenvalue weighted by Crippen LogP contribution is 2.20. The first-order valence-electron chi connectivity index (χ1n) is 7.66. The van der Waals surface area contributed by atoms with Crippen molar-refractivity contribution in [3.05, 3.63) is 58.7 Å². The Morgan fingerprint density at radius 2 is 1.67 bits per heavy atom. The Hall–Kier alpha value is -2.82. The van der Waals surface area contributed by atoms with E-state index in [1.54, 1.807) is 13.0 Å². The van der Waals surface area contributed by atoms with E-state index in [1.807, 2.05) is 32.0 Å². The van der Waals surface area contributed by atoms with Crippen molar-refractivity contribution in [3.63, 3.8) is 0 Å². The fraction of sp³-hybridized carbons (Fsp3) is 0.263. The lowest BCUT2D eigenvalue weighted by molar-refractivity contribution is -0.123. The smallest absolute Gasteiger partial charge is 0.342 e. The van der Waals surface area contributed by atoms with E-state index in [4.69, 9.17) is 4.74 Å². The molecule has 1 atom stereocenters. The molecule has 2 aromatic carbocycles. The average molecular weight is 327 g/mol. The predicted molar refractivity (Wildman–Crippen MR) is 92.3 cm³/mol. The maximum absolute atomic E-state index is 12.2. The van der Waals surface area contributed by atoms with Gasteiger partial charge in [-0.25, -0.2) is 4.79 Å². The van der Waals surface area contributed by atoms with Gasteiger partial charge in [0.25, 0.3) is 5.91 Å². The van der Waals surface area contributed by atoms with Crippen LogP contribution in [-0.4, -0.2) is 23.1 Å². The normalized spacial score (nSPS) is 11.7. The Labute approximate surface area is 141 Å². The molecule has 0 aliphatic carbocycles. The molecule has 0 saturated heterocycles. The van der Waals surface area contributed by atoms with Crippen LogP contribution in [0.25, 0.3) is 0 Å². The van der Waals surface area contributed by atoms with Gasteiger partial charge in [-0.1, -0.05) is 23.8 Å². The summed E-state index contributed by atoms with van der Waals surface area (Å²) in [5.41, 5.74) is 3.56. The molecule has 0 radical (unpaired) electrons. The number of ether oxygens (including phenoxy) is 1. The Bertz CT molecular complexity index is 783. The van der Waals surface area contributed by atoms with Crippen LogP contribution in [0.5, 0.6) is 5.75 Å². The van der Waals surface area contributed by atoms with Crippen LogP contribution >= 0.6 is 0 Å². The Morgan fingerprint density at radius 3 is 2.29 bits per heavy atom. The molecule has 0 fully saturated rings. The Kier molecular flexibility index (Phi) is 5.24. The third kappa shape index (κ3) is 4.13. The van der Waals surface area contributed by atoms with Crippen LogP contribution in [0.3, 0.4) is 0 Å². The van der Waals surface area contributed by atoms with Gasteiger partial charge in [0, 0.05) is 5.69 Å². The van der Waals surface area contributed by atoms with E-state index in [0.717, 1.165) is 16.7 Å². The van der Waals surface area contributed by atoms with Crippen LogP contribution in [0.4, 0.5) is 5.69 Å². The van der Waals surface area contributed by atoms with Gasteiger partial charge in [-0.05, 0) is 57.0 Å². The van der Waals surface area contributed by atoms with E-state index in [2.05, 4.69) is 5.32 Å². The molecule has 2 N–H and O–H groups in total. The number of rotatable bonds is 4. The maximum Gasteiger partial charge on any atom is 0.342 e. The second-order valence-corrected chi connectivity index (χ2v) is 5.88. The first-order chi connectivity index (χ1) is 11.3. The summed E-state index contributed by atoms with van der Waals surface area (Å²) in [6.07, 6.45) is -0.987. The molecule has 0 aromatic heterocycles. The molecule has 0 heterocycles. The molecule has 2 rings (SSSR count). The minimum Gasteiger partial charge on any atom is -0.507 e. The molecule has 126 valence electrons. The van der Waals surface area contributed by atoms with Crippen molar-refractivity contribution in [2.24, 2.45) is 0 Å². The van der Waals surface area contributed by atoms with E-state index in [1.165, 1.54) is 19.1 Å². The van der Waals surface area contributed by atoms with Crippen LogP contribution in [0.1, 0.15) is 34.0 Å². The van der Waals surface area contributed by atoms with E-state index in [0.29, 0.717) is 5.69 Å². The van der Waals surface area contributed by atoms with Crippen molar-refractivity contribution in [2.45, 2.75) is 33.8 Å². The van der Waals surface area contributed by atoms with Crippen LogP contribution < -0.4 is 5.32 Å². The van der Waals surface area contributed by atoms with Crippen molar-refractivity contribution in [3.8, 4) is 5.75 Å². The minimum absolute atomic E-state index is 0.0340. The van der Waals surface area contributed by atoms with Crippen molar-refractivity contribution >= 4 is 17.6 Å². The maximum atomic E-state index is 12.2. The molecule has 0 aliphatic heterocycles. The number of hydrogen-bond donors (Lipinski definition) is 2. The van der Waals surface area contributed by atoms with Crippen LogP contribution in [-0.2, 0) is 9.53 Å². The molecule has 0 unspecified atom stereocenters. The standard InChI is InChI=1S/C19H21NO4/c1-11-6-8-16(13(3)9-11)20-18(22)14(4)24-19(23)15-7-5-12(2)10-17(15)21/h5-10,14,21H,1-4H3,(H,20,22)/t14-/m1/s1. The monoisotopic (exact) mass is 327 g/mol. The lowest BCUT2D eigenvalue weighted by atomic mass is 10.1. The molecule has 2 aromatic rings. The summed E-state index contributed by atoms with van der Waals surface area (Å²) in [5.74, 6) is -1.33. The van der Waals surface area contributed by atoms with Gasteiger partial charge in [0.1, 0.15) is 11.3 Å². The number of hydrogen-bond acceptors (Lipinski definition) is 4. The number of aryl methyl sites for hydroxylation is 3. The highest BCUT2D eigenvalue weighted by atomic mass is 16.5. The third-order valence-corrected chi connectivity index (χ3v) is 3.67. The van der Waals surface area contributed by atoms with Crippen molar-refractivity contribution < 1.29 is 19.4 Å². The number of nitrogens with one attached hydrogen (secondary N) is 1. The van der Waals surface area contributed by atoms with Gasteiger partial charge in [0.15, 0.2) is 6.10 Å². The molecule has 5 heteroatoms. The van der Waals surface area contributed by atoms with Crippen molar-refractivity contribution in [2.75, 3.05) is 5.32 Å². The summed E-state index contributed by atoms with van der Waals surface area (Å²) in [7, 11) is 0. The van der Waals surface area contributed by atoms with Crippen LogP contribution in [0.15, 0.2) is 36.4 Å². The second-order valence-electron chi connectivity index (χ2n) is 5.88. The first-order valence-corrected chi connectivity index (χ1v) is 7.66. The third-order valence-electron chi connectivity index (χ3n) is 3.67. The summed E-state index contributed by atoms with van der Waals surface area (Å²) in [5, 5.41) is 12.5. The highest BCUT2D eigenvalue weighted by Gasteiger charge is 2.21. The first kappa shape index (κ1) is 17.5. The predicted octanol–water partition coefficient (Wildman–Crippen LogP) is 3.50. The van der Waals surface area contributed by atoms with Gasteiger partial charge < -0.3 is 15.2 Å². The zero-order chi connectivity index (χ0) is 17.9. The summed E-state index contributed by atoms with van der Waals surface area (Å²) in [6, 6.07) is 10.3. The summed E-state index contributed by atoms with van der Waals surface area (Å²) >= 11 is 0. The summed E-state index contributed by atoms with van der Waals surface area (Å²) in [6.45, 7) is 7.15. The van der Waals surface area contributed by atoms with Crippen molar-refractivity contribution in [1.82, 2.24) is 0 Å². The van der Waals surface area contributed by atoms with Crippen LogP contribution in [0.2, 0.25) is 0 Å². The van der Waals surface area contributed by atoms with E-state index < -0.39 is 18.0 Å². The fourth-order valence-electron chi connectivity index (χ4n) is 2.28. The topological polar surface area (TPSA) is 75.6 Å². The SMILES string of the molecule is Cc1ccc(NC(=O)[C@@H](C)OC(=O)c2ccc(C)cc2O)c(C)c1. The number of benzene rings is 2. The van der Waals surface area contributed by atoms with Crippen molar-refractivity contribution in [1.29, 1.82) is 0 Å². The molecule has 0 bridgehead atoms. The van der Waals surface area contributed by atoms with Gasteiger partial charge in [0.2, 0.25) is 0 Å². The summed E-state index contributed by atoms with van der Waals surface area (Å²) in [4.78, 5) is 24.3. The van der Waals surface area contributed by atoms with E-state index in [9.17, 15) is 14.7 Å². The minimum atomic E-state index is -0.987. The van der Waals surface area contributed by atoms with Gasteiger partial charge in [-0.3, -0.25) is 4.79 Å². The quantitative estimate of drug-likeness (QED) is 0.843. The molecule has 1 amide bonds. The average Bonchev–Trinajstić information content (AvgIpc) is 2.49. The molecule has 0 saturated carbocycles. The number of amides is 1. The molecular formula is C19H21NO4. The van der Waals surface area contributed by atoms with Gasteiger partial charge in [-0.2, -0.15) is 0 Å². The largest absolute Gasteiger partial charge is 0.507 e. The number of phenols is 1. The van der Waals surface area contributed by atoms with Crippen LogP contribution in [0, 0.1) is 20.8 Å². The molecule has 0 spiro atoms. The highest BCUT2D eigenvalue weighted by molar-refractivity contribution is 5.98. The van der Waals surface area contributed by atoms with Gasteiger partial charge >= 0.3 is 5.97 Å². The van der Waals surface area contributed by atoms with Gasteiger partial charge in [0.05, 0.1) is 0 Å². The lowest BCUT2D eigenvalue weighted by Crippen LogP contribution is -2.30. The number of carbonyl (C=O) groups excluding carboxylic acids is 2. The Balaban J connectivity index is 2.04. The number of aromatic hydroxyl groups is 1. The number of esters is 1. The zero-order valence-electron chi connectivity index (χ0n) is 14.2.